The van der Waals surface area contributed by atoms with Gasteiger partial charge in [0.15, 0.2) is 0 Å². The van der Waals surface area contributed by atoms with Crippen LogP contribution in [0.25, 0.3) is 177 Å². The molecule has 0 saturated heterocycles. The first-order valence-corrected chi connectivity index (χ1v) is 43.8. The van der Waals surface area contributed by atoms with Gasteiger partial charge in [0.05, 0.1) is 0 Å². The van der Waals surface area contributed by atoms with Crippen LogP contribution in [0.5, 0.6) is 0 Å². The summed E-state index contributed by atoms with van der Waals surface area (Å²) in [5.41, 5.74) is 45.3. The summed E-state index contributed by atoms with van der Waals surface area (Å²) >= 11 is 0. The molecular weight excluding hydrogens is 1440 g/mol. The fourth-order valence-electron chi connectivity index (χ4n) is 21.9. The SMILES string of the molecule is CC(C)(C)c1ccc2c(c1)C(C)(C)c1cc(-c3ccccc3)cc(-c3cc4cc(-c5cc(-c6ccccc6)cc6c5-c5ccc(C(C)(C)C)cc5C6(C)C)cc5c6cc(-c7cc(-c8ccccc8)cc8c7-c7ccc(C(C)(C)C)cc7C8(C)C)cc7cc(-c8cc(-c9ccccc9)cc9c8-c8ccc(C(C)(C)C)cc8C9(C)C)cc(c(c3)c45)c76)c1-2. The molecule has 0 unspecified atom stereocenters. The van der Waals surface area contributed by atoms with Gasteiger partial charge >= 0.3 is 0 Å². The molecule has 0 fully saturated rings. The van der Waals surface area contributed by atoms with E-state index in [-0.39, 0.29) is 43.3 Å². The highest BCUT2D eigenvalue weighted by Gasteiger charge is 2.44. The normalized spacial score (nSPS) is 15.1. The molecule has 588 valence electrons. The Morgan fingerprint density at radius 2 is 0.367 bits per heavy atom. The molecule has 4 aliphatic carbocycles. The number of rotatable bonds is 8. The largest absolute Gasteiger partial charge is 0.0622 e. The van der Waals surface area contributed by atoms with Gasteiger partial charge in [-0.25, -0.2) is 0 Å². The highest BCUT2D eigenvalue weighted by atomic mass is 14.5. The minimum absolute atomic E-state index is 0.0391. The molecule has 17 aromatic carbocycles. The summed E-state index contributed by atoms with van der Waals surface area (Å²) < 4.78 is 0. The van der Waals surface area contributed by atoms with Crippen LogP contribution in [0, 0.1) is 0 Å². The predicted molar refractivity (Wildman–Crippen MR) is 516 cm³/mol. The van der Waals surface area contributed by atoms with E-state index in [4.69, 9.17) is 0 Å². The molecule has 0 bridgehead atoms. The lowest BCUT2D eigenvalue weighted by atomic mass is 9.77. The van der Waals surface area contributed by atoms with E-state index in [1.165, 1.54) is 243 Å². The van der Waals surface area contributed by atoms with Crippen molar-refractivity contribution in [3.8, 4) is 134 Å². The maximum atomic E-state index is 2.65. The number of hydrogen-bond donors (Lipinski definition) is 0. The number of benzene rings is 17. The summed E-state index contributed by atoms with van der Waals surface area (Å²) in [4.78, 5) is 0. The maximum Gasteiger partial charge on any atom is 0.0159 e. The van der Waals surface area contributed by atoms with Gasteiger partial charge in [0.1, 0.15) is 0 Å². The molecule has 0 heteroatoms. The Kier molecular flexibility index (Phi) is 16.2. The van der Waals surface area contributed by atoms with Crippen LogP contribution in [0.3, 0.4) is 0 Å². The van der Waals surface area contributed by atoms with Crippen LogP contribution in [0.15, 0.2) is 291 Å². The average molecular weight is 1550 g/mol. The third kappa shape index (κ3) is 11.4. The Morgan fingerprint density at radius 3 is 0.558 bits per heavy atom. The second-order valence-corrected chi connectivity index (χ2v) is 42.1. The Labute approximate surface area is 711 Å². The van der Waals surface area contributed by atoms with Crippen LogP contribution in [0.4, 0.5) is 0 Å². The van der Waals surface area contributed by atoms with Gasteiger partial charge < -0.3 is 0 Å². The fourth-order valence-corrected chi connectivity index (χ4v) is 21.9. The maximum absolute atomic E-state index is 2.65. The van der Waals surface area contributed by atoms with E-state index >= 15 is 0 Å². The van der Waals surface area contributed by atoms with Gasteiger partial charge in [-0.1, -0.05) is 333 Å². The van der Waals surface area contributed by atoms with Gasteiger partial charge in [-0.15, -0.1) is 0 Å². The van der Waals surface area contributed by atoms with Crippen LogP contribution in [0.2, 0.25) is 0 Å². The summed E-state index contributed by atoms with van der Waals surface area (Å²) in [5.74, 6) is 0. The van der Waals surface area contributed by atoms with Gasteiger partial charge in [0.2, 0.25) is 0 Å². The van der Waals surface area contributed by atoms with E-state index < -0.39 is 0 Å². The second kappa shape index (κ2) is 25.8. The first-order chi connectivity index (χ1) is 57.0. The van der Waals surface area contributed by atoms with Crippen molar-refractivity contribution in [2.45, 2.75) is 182 Å². The van der Waals surface area contributed by atoms with Crippen molar-refractivity contribution in [1.29, 1.82) is 0 Å². The van der Waals surface area contributed by atoms with Crippen LogP contribution < -0.4 is 0 Å². The van der Waals surface area contributed by atoms with Crippen LogP contribution in [0.1, 0.15) is 205 Å². The third-order valence-corrected chi connectivity index (χ3v) is 28.9. The summed E-state index contributed by atoms with van der Waals surface area (Å²) in [7, 11) is 0. The zero-order chi connectivity index (χ0) is 83.3. The molecule has 0 radical (unpaired) electrons. The monoisotopic (exact) mass is 1550 g/mol. The Morgan fingerprint density at radius 1 is 0.167 bits per heavy atom. The van der Waals surface area contributed by atoms with E-state index in [0.29, 0.717) is 0 Å². The lowest BCUT2D eigenvalue weighted by molar-refractivity contribution is 0.584. The lowest BCUT2D eigenvalue weighted by Crippen LogP contribution is -2.17. The Bertz CT molecular complexity index is 6360. The van der Waals surface area contributed by atoms with E-state index in [1.54, 1.807) is 0 Å². The highest BCUT2D eigenvalue weighted by molar-refractivity contribution is 6.35. The molecular formula is C120H108. The molecule has 4 aliphatic rings. The second-order valence-electron chi connectivity index (χ2n) is 42.1. The minimum Gasteiger partial charge on any atom is -0.0622 e. The summed E-state index contributed by atoms with van der Waals surface area (Å²) in [5, 5.41) is 10.0. The average Bonchev–Trinajstić information content (AvgIpc) is 1.68. The van der Waals surface area contributed by atoms with E-state index in [1.807, 2.05) is 0 Å². The number of fused-ring (bicyclic) bond motifs is 14. The molecule has 0 nitrogen and oxygen atoms in total. The van der Waals surface area contributed by atoms with Crippen molar-refractivity contribution < 1.29 is 0 Å². The quantitative estimate of drug-likeness (QED) is 0.105. The fraction of sp³-hybridized carbons (Fsp3) is 0.233. The first-order valence-electron chi connectivity index (χ1n) is 43.8. The minimum atomic E-state index is -0.306. The standard InChI is InChI=1S/C120H108/c1-113(2,3)83-41-45-87-99(65-83)117(13,14)103-61-73(69-33-25-21-26-34-69)53-91(109(87)103)77-49-81-50-78(92-54-74(70-35-27-22-28-36-70)62-104-110(92)88-46-42-84(114(4,5)6)66-100(88)118(104,15)16)59-97-98-60-80(94-56-76(72-39-31-24-32-40-72)64-106-112(94)90-48-44-86(116(10,11)12)68-102(90)120(106,19)20)52-82-51-79(58-96(108(82)98)95(57-77)107(81)97)93-55-75(71-37-29-23-30-38-71)63-105-111(93)89-47-43-85(115(7,8)9)67-101(89)119(105,17)18/h21-68H,1-20H3. The molecule has 0 spiro atoms. The molecule has 120 heavy (non-hydrogen) atoms. The molecule has 21 rings (SSSR count). The molecule has 0 atom stereocenters. The smallest absolute Gasteiger partial charge is 0.0159 e. The Balaban J connectivity index is 0.953. The topological polar surface area (TPSA) is 0 Å². The van der Waals surface area contributed by atoms with Crippen molar-refractivity contribution in [1.82, 2.24) is 0 Å². The van der Waals surface area contributed by atoms with Crippen molar-refractivity contribution in [3.63, 3.8) is 0 Å². The van der Waals surface area contributed by atoms with Gasteiger partial charge in [-0.3, -0.25) is 0 Å². The van der Waals surface area contributed by atoms with Gasteiger partial charge in [0.25, 0.3) is 0 Å². The van der Waals surface area contributed by atoms with Crippen LogP contribution in [-0.2, 0) is 43.3 Å². The predicted octanol–water partition coefficient (Wildman–Crippen LogP) is 33.5. The molecule has 0 aliphatic heterocycles. The first kappa shape index (κ1) is 75.5. The van der Waals surface area contributed by atoms with Crippen LogP contribution in [-0.4, -0.2) is 0 Å². The Hall–Kier alpha value is -12.0. The van der Waals surface area contributed by atoms with Crippen molar-refractivity contribution in [2.75, 3.05) is 0 Å². The molecule has 0 amide bonds. The van der Waals surface area contributed by atoms with Gasteiger partial charge in [0, 0.05) is 21.7 Å². The summed E-state index contributed by atoms with van der Waals surface area (Å²) in [6.45, 7) is 48.1. The summed E-state index contributed by atoms with van der Waals surface area (Å²) in [6.07, 6.45) is 0. The van der Waals surface area contributed by atoms with E-state index in [0.717, 1.165) is 0 Å². The zero-order valence-electron chi connectivity index (χ0n) is 73.7. The molecule has 0 aromatic heterocycles. The zero-order valence-corrected chi connectivity index (χ0v) is 73.7. The van der Waals surface area contributed by atoms with Crippen molar-refractivity contribution in [3.05, 3.63) is 358 Å². The third-order valence-electron chi connectivity index (χ3n) is 28.9. The van der Waals surface area contributed by atoms with Gasteiger partial charge in [-0.2, -0.15) is 0 Å². The lowest BCUT2D eigenvalue weighted by Gasteiger charge is -2.26. The molecule has 0 saturated carbocycles. The van der Waals surface area contributed by atoms with E-state index in [9.17, 15) is 0 Å². The summed E-state index contributed by atoms with van der Waals surface area (Å²) in [6, 6.07) is 116. The number of hydrogen-bond acceptors (Lipinski definition) is 0. The van der Waals surface area contributed by atoms with Crippen molar-refractivity contribution >= 4 is 43.1 Å². The molecule has 17 aromatic rings. The molecule has 0 heterocycles. The van der Waals surface area contributed by atoms with Crippen molar-refractivity contribution in [2.24, 2.45) is 0 Å². The van der Waals surface area contributed by atoms with Crippen LogP contribution >= 0.6 is 0 Å². The molecule has 0 N–H and O–H groups in total. The van der Waals surface area contributed by atoms with E-state index in [2.05, 4.69) is 430 Å². The highest BCUT2D eigenvalue weighted by Crippen LogP contribution is 2.62. The van der Waals surface area contributed by atoms with Gasteiger partial charge in [-0.05, 0) is 362 Å².